The second kappa shape index (κ2) is 2.65. The Bertz CT molecular complexity index is 215. The number of halogens is 5. The Morgan fingerprint density at radius 2 is 1.54 bits per heavy atom. The van der Waals surface area contributed by atoms with Crippen molar-refractivity contribution in [2.24, 2.45) is 5.41 Å². The fourth-order valence-corrected chi connectivity index (χ4v) is 1.35. The van der Waals surface area contributed by atoms with Gasteiger partial charge >= 0.3 is 12.1 Å². The van der Waals surface area contributed by atoms with Gasteiger partial charge in [-0.25, -0.2) is 0 Å². The van der Waals surface area contributed by atoms with E-state index in [1.54, 1.807) is 0 Å². The predicted molar refractivity (Wildman–Crippen MR) is 33.3 cm³/mol. The van der Waals surface area contributed by atoms with Gasteiger partial charge in [-0.1, -0.05) is 6.42 Å². The molecule has 0 unspecified atom stereocenters. The normalized spacial score (nSPS) is 22.2. The van der Waals surface area contributed by atoms with Crippen LogP contribution in [0.2, 0.25) is 0 Å². The SMILES string of the molecule is O=CC1(C(F)(F)C(F)(F)F)CCC1. The van der Waals surface area contributed by atoms with Crippen molar-refractivity contribution in [2.45, 2.75) is 31.4 Å². The minimum atomic E-state index is -5.63. The first-order valence-corrected chi connectivity index (χ1v) is 3.68. The van der Waals surface area contributed by atoms with E-state index in [0.717, 1.165) is 0 Å². The molecule has 0 bridgehead atoms. The van der Waals surface area contributed by atoms with Gasteiger partial charge in [0.05, 0.1) is 5.41 Å². The topological polar surface area (TPSA) is 17.1 Å². The highest BCUT2D eigenvalue weighted by Gasteiger charge is 2.71. The fourth-order valence-electron chi connectivity index (χ4n) is 1.35. The fraction of sp³-hybridized carbons (Fsp3) is 0.857. The first-order valence-electron chi connectivity index (χ1n) is 3.68. The Kier molecular flexibility index (Phi) is 2.12. The van der Waals surface area contributed by atoms with Crippen molar-refractivity contribution in [1.29, 1.82) is 0 Å². The second-order valence-electron chi connectivity index (χ2n) is 3.20. The zero-order chi connectivity index (χ0) is 10.3. The molecule has 0 aromatic heterocycles. The Morgan fingerprint density at radius 1 is 1.08 bits per heavy atom. The predicted octanol–water partition coefficient (Wildman–Crippen LogP) is 2.55. The van der Waals surface area contributed by atoms with Crippen LogP contribution in [0.3, 0.4) is 0 Å². The van der Waals surface area contributed by atoms with Gasteiger partial charge in [-0.15, -0.1) is 0 Å². The summed E-state index contributed by atoms with van der Waals surface area (Å²) in [6, 6.07) is 0. The lowest BCUT2D eigenvalue weighted by atomic mass is 9.65. The van der Waals surface area contributed by atoms with Crippen LogP contribution in [0.5, 0.6) is 0 Å². The molecule has 0 N–H and O–H groups in total. The van der Waals surface area contributed by atoms with Gasteiger partial charge in [0.25, 0.3) is 0 Å². The van der Waals surface area contributed by atoms with Crippen molar-refractivity contribution in [3.8, 4) is 0 Å². The lowest BCUT2D eigenvalue weighted by molar-refractivity contribution is -0.328. The lowest BCUT2D eigenvalue weighted by Gasteiger charge is -2.43. The molecule has 0 spiro atoms. The molecule has 76 valence electrons. The van der Waals surface area contributed by atoms with Gasteiger partial charge in [0.1, 0.15) is 6.29 Å². The van der Waals surface area contributed by atoms with E-state index in [1.165, 1.54) is 0 Å². The van der Waals surface area contributed by atoms with Gasteiger partial charge in [0.15, 0.2) is 0 Å². The minimum Gasteiger partial charge on any atom is -0.303 e. The third-order valence-electron chi connectivity index (χ3n) is 2.45. The average Bonchev–Trinajstić information content (AvgIpc) is 1.82. The van der Waals surface area contributed by atoms with Crippen LogP contribution in [0.15, 0.2) is 0 Å². The van der Waals surface area contributed by atoms with E-state index < -0.39 is 17.5 Å². The molecule has 0 amide bonds. The monoisotopic (exact) mass is 202 g/mol. The highest BCUT2D eigenvalue weighted by molar-refractivity contribution is 5.63. The molecule has 0 heterocycles. The maximum absolute atomic E-state index is 12.7. The first-order chi connectivity index (χ1) is 5.77. The summed E-state index contributed by atoms with van der Waals surface area (Å²) < 4.78 is 60.8. The maximum atomic E-state index is 12.7. The molecule has 13 heavy (non-hydrogen) atoms. The van der Waals surface area contributed by atoms with E-state index in [-0.39, 0.29) is 25.5 Å². The van der Waals surface area contributed by atoms with Crippen LogP contribution < -0.4 is 0 Å². The third kappa shape index (κ3) is 1.23. The largest absolute Gasteiger partial charge is 0.454 e. The highest BCUT2D eigenvalue weighted by atomic mass is 19.4. The maximum Gasteiger partial charge on any atom is 0.454 e. The number of carbonyl (C=O) groups excluding carboxylic acids is 1. The average molecular weight is 202 g/mol. The van der Waals surface area contributed by atoms with Gasteiger partial charge in [0.2, 0.25) is 0 Å². The summed E-state index contributed by atoms with van der Waals surface area (Å²) in [5.74, 6) is -4.89. The van der Waals surface area contributed by atoms with Crippen LogP contribution in [0.25, 0.3) is 0 Å². The molecule has 1 fully saturated rings. The van der Waals surface area contributed by atoms with E-state index in [4.69, 9.17) is 0 Å². The van der Waals surface area contributed by atoms with Gasteiger partial charge in [0, 0.05) is 0 Å². The quantitative estimate of drug-likeness (QED) is 0.496. The molecule has 1 aliphatic rings. The van der Waals surface area contributed by atoms with E-state index in [2.05, 4.69) is 0 Å². The van der Waals surface area contributed by atoms with Crippen LogP contribution in [0.1, 0.15) is 19.3 Å². The van der Waals surface area contributed by atoms with Gasteiger partial charge in [-0.2, -0.15) is 22.0 Å². The van der Waals surface area contributed by atoms with Crippen LogP contribution >= 0.6 is 0 Å². The Labute approximate surface area is 70.9 Å². The van der Waals surface area contributed by atoms with E-state index in [1.807, 2.05) is 0 Å². The molecule has 1 aliphatic carbocycles. The molecule has 1 nitrogen and oxygen atoms in total. The third-order valence-corrected chi connectivity index (χ3v) is 2.45. The Morgan fingerprint density at radius 3 is 1.62 bits per heavy atom. The lowest BCUT2D eigenvalue weighted by Crippen LogP contribution is -2.56. The summed E-state index contributed by atoms with van der Waals surface area (Å²) in [5, 5.41) is 0. The summed E-state index contributed by atoms with van der Waals surface area (Å²) in [6.45, 7) is 0. The van der Waals surface area contributed by atoms with Gasteiger partial charge in [-0.3, -0.25) is 0 Å². The zero-order valence-corrected chi connectivity index (χ0v) is 6.50. The van der Waals surface area contributed by atoms with Crippen LogP contribution in [0.4, 0.5) is 22.0 Å². The molecule has 6 heteroatoms. The summed E-state index contributed by atoms with van der Waals surface area (Å²) in [6.07, 6.45) is -6.42. The van der Waals surface area contributed by atoms with Crippen molar-refractivity contribution in [1.82, 2.24) is 0 Å². The molecular weight excluding hydrogens is 195 g/mol. The van der Waals surface area contributed by atoms with Crippen molar-refractivity contribution in [2.75, 3.05) is 0 Å². The summed E-state index contributed by atoms with van der Waals surface area (Å²) in [4.78, 5) is 10.2. The number of hydrogen-bond donors (Lipinski definition) is 0. The van der Waals surface area contributed by atoms with Crippen molar-refractivity contribution in [3.05, 3.63) is 0 Å². The van der Waals surface area contributed by atoms with E-state index in [0.29, 0.717) is 0 Å². The summed E-state index contributed by atoms with van der Waals surface area (Å²) in [7, 11) is 0. The van der Waals surface area contributed by atoms with E-state index >= 15 is 0 Å². The van der Waals surface area contributed by atoms with Gasteiger partial charge < -0.3 is 4.79 Å². The molecular formula is C7H7F5O. The molecule has 0 saturated heterocycles. The van der Waals surface area contributed by atoms with Crippen molar-refractivity contribution >= 4 is 6.29 Å². The zero-order valence-electron chi connectivity index (χ0n) is 6.50. The number of alkyl halides is 5. The number of carbonyl (C=O) groups is 1. The number of rotatable bonds is 2. The summed E-state index contributed by atoms with van der Waals surface area (Å²) >= 11 is 0. The van der Waals surface area contributed by atoms with E-state index in [9.17, 15) is 26.7 Å². The van der Waals surface area contributed by atoms with Crippen molar-refractivity contribution in [3.63, 3.8) is 0 Å². The molecule has 1 rings (SSSR count). The van der Waals surface area contributed by atoms with Crippen LogP contribution in [-0.4, -0.2) is 18.4 Å². The standard InChI is InChI=1S/C7H7F5O/c8-6(9,7(10,11)12)5(4-13)2-1-3-5/h4H,1-3H2. The number of hydrogen-bond acceptors (Lipinski definition) is 1. The molecule has 0 aliphatic heterocycles. The molecule has 0 aromatic carbocycles. The van der Waals surface area contributed by atoms with Crippen LogP contribution in [-0.2, 0) is 4.79 Å². The molecule has 0 atom stereocenters. The molecule has 0 radical (unpaired) electrons. The number of aldehydes is 1. The molecule has 1 saturated carbocycles. The second-order valence-corrected chi connectivity index (χ2v) is 3.20. The first kappa shape index (κ1) is 10.4. The Hall–Kier alpha value is -0.680. The Balaban J connectivity index is 2.97. The van der Waals surface area contributed by atoms with Gasteiger partial charge in [-0.05, 0) is 12.8 Å². The minimum absolute atomic E-state index is 0.240. The van der Waals surface area contributed by atoms with Crippen molar-refractivity contribution < 1.29 is 26.7 Å². The summed E-state index contributed by atoms with van der Waals surface area (Å²) in [5.41, 5.74) is -2.49. The smallest absolute Gasteiger partial charge is 0.303 e. The molecule has 0 aromatic rings. The highest BCUT2D eigenvalue weighted by Crippen LogP contribution is 2.56. The van der Waals surface area contributed by atoms with Crippen LogP contribution in [0, 0.1) is 5.41 Å².